The number of anilines is 1. The van der Waals surface area contributed by atoms with Crippen LogP contribution in [0.5, 0.6) is 5.88 Å². The molecule has 0 bridgehead atoms. The van der Waals surface area contributed by atoms with E-state index >= 15 is 0 Å². The van der Waals surface area contributed by atoms with Gasteiger partial charge < -0.3 is 15.3 Å². The number of aromatic hydroxyl groups is 1. The lowest BCUT2D eigenvalue weighted by atomic mass is 10.2. The Labute approximate surface area is 196 Å². The summed E-state index contributed by atoms with van der Waals surface area (Å²) in [4.78, 5) is 40.7. The van der Waals surface area contributed by atoms with E-state index in [1.165, 1.54) is 21.4 Å². The van der Waals surface area contributed by atoms with Crippen molar-refractivity contribution < 1.29 is 14.7 Å². The molecule has 9 nitrogen and oxygen atoms in total. The van der Waals surface area contributed by atoms with Crippen molar-refractivity contribution in [3.63, 3.8) is 0 Å². The van der Waals surface area contributed by atoms with E-state index < -0.39 is 17.3 Å². The lowest BCUT2D eigenvalue weighted by molar-refractivity contribution is -0.114. The van der Waals surface area contributed by atoms with Crippen LogP contribution in [-0.2, 0) is 17.8 Å². The molecule has 176 valence electrons. The van der Waals surface area contributed by atoms with E-state index in [9.17, 15) is 19.5 Å². The van der Waals surface area contributed by atoms with Gasteiger partial charge in [-0.25, -0.2) is 0 Å². The largest absolute Gasteiger partial charge is 0.492 e. The van der Waals surface area contributed by atoms with E-state index in [0.717, 1.165) is 30.5 Å². The van der Waals surface area contributed by atoms with Crippen LogP contribution in [0.2, 0.25) is 0 Å². The minimum absolute atomic E-state index is 0.0402. The van der Waals surface area contributed by atoms with Crippen LogP contribution in [-0.4, -0.2) is 43.7 Å². The van der Waals surface area contributed by atoms with Gasteiger partial charge in [-0.2, -0.15) is 9.61 Å². The second kappa shape index (κ2) is 8.48. The molecule has 1 aliphatic heterocycles. The number of nitrogens with zero attached hydrogens (tertiary/aromatic N) is 4. The predicted molar refractivity (Wildman–Crippen MR) is 128 cm³/mol. The molecule has 1 saturated carbocycles. The maximum Gasteiger partial charge on any atom is 0.270 e. The van der Waals surface area contributed by atoms with Gasteiger partial charge in [0.25, 0.3) is 17.4 Å². The van der Waals surface area contributed by atoms with Crippen LogP contribution < -0.4 is 15.8 Å². The normalized spacial score (nSPS) is 15.4. The molecular weight excluding hydrogens is 434 g/mol. The van der Waals surface area contributed by atoms with Crippen LogP contribution in [0, 0.1) is 5.92 Å². The van der Waals surface area contributed by atoms with Crippen LogP contribution in [0.1, 0.15) is 48.2 Å². The fraction of sp³-hybridized carbons (Fsp3) is 0.360. The van der Waals surface area contributed by atoms with Crippen LogP contribution >= 0.6 is 0 Å². The number of amides is 2. The van der Waals surface area contributed by atoms with Gasteiger partial charge in [0, 0.05) is 36.5 Å². The number of fused-ring (bicyclic) bond motifs is 2. The second-order valence-corrected chi connectivity index (χ2v) is 9.29. The molecule has 2 N–H and O–H groups in total. The van der Waals surface area contributed by atoms with Crippen molar-refractivity contribution >= 4 is 29.2 Å². The summed E-state index contributed by atoms with van der Waals surface area (Å²) in [6, 6.07) is 7.85. The lowest BCUT2D eigenvalue weighted by Crippen LogP contribution is -2.36. The quantitative estimate of drug-likeness (QED) is 0.548. The molecule has 1 aliphatic carbocycles. The van der Waals surface area contributed by atoms with Gasteiger partial charge in [-0.1, -0.05) is 32.0 Å². The van der Waals surface area contributed by atoms with E-state index in [0.29, 0.717) is 24.3 Å². The lowest BCUT2D eigenvalue weighted by Gasteiger charge is -2.16. The summed E-state index contributed by atoms with van der Waals surface area (Å²) in [6.07, 6.45) is 7.07. The van der Waals surface area contributed by atoms with Crippen molar-refractivity contribution in [1.82, 2.24) is 19.5 Å². The Kier molecular flexibility index (Phi) is 5.47. The topological polar surface area (TPSA) is 109 Å². The smallest absolute Gasteiger partial charge is 0.270 e. The molecule has 1 fully saturated rings. The van der Waals surface area contributed by atoms with Gasteiger partial charge in [0.2, 0.25) is 5.88 Å². The fourth-order valence-electron chi connectivity index (χ4n) is 4.37. The standard InChI is InChI=1S/C25H27N5O4/c1-15(2)14-29-23-17(7-10-20(31)28-12-11-16-5-3-4-6-19(16)28)13-26-30(23)25(34)21(24(29)33)22(32)27-18-8-9-18/h3-7,10,13,15,18,34H,8-9,11-12,14H2,1-2H3,(H,27,32)/b10-7+. The third-order valence-corrected chi connectivity index (χ3v) is 6.16. The Morgan fingerprint density at radius 3 is 2.76 bits per heavy atom. The van der Waals surface area contributed by atoms with Crippen molar-refractivity contribution in [2.75, 3.05) is 11.4 Å². The van der Waals surface area contributed by atoms with Crippen molar-refractivity contribution in [2.45, 2.75) is 45.7 Å². The van der Waals surface area contributed by atoms with Crippen LogP contribution in [0.25, 0.3) is 11.7 Å². The Morgan fingerprint density at radius 2 is 2.03 bits per heavy atom. The van der Waals surface area contributed by atoms with Gasteiger partial charge >= 0.3 is 0 Å². The zero-order valence-electron chi connectivity index (χ0n) is 19.2. The summed E-state index contributed by atoms with van der Waals surface area (Å²) in [7, 11) is 0. The molecule has 0 spiro atoms. The predicted octanol–water partition coefficient (Wildman–Crippen LogP) is 2.35. The molecule has 34 heavy (non-hydrogen) atoms. The first-order chi connectivity index (χ1) is 16.3. The number of aromatic nitrogens is 3. The monoisotopic (exact) mass is 461 g/mol. The van der Waals surface area contributed by atoms with Crippen molar-refractivity contribution in [1.29, 1.82) is 0 Å². The maximum atomic E-state index is 13.3. The Bertz CT molecular complexity index is 1380. The first-order valence-corrected chi connectivity index (χ1v) is 11.6. The molecule has 2 aliphatic rings. The van der Waals surface area contributed by atoms with Gasteiger partial charge in [-0.3, -0.25) is 19.0 Å². The molecule has 3 aromatic rings. The molecule has 5 rings (SSSR count). The number of benzene rings is 1. The van der Waals surface area contributed by atoms with Crippen molar-refractivity contribution in [3.8, 4) is 5.88 Å². The average molecular weight is 462 g/mol. The van der Waals surface area contributed by atoms with Crippen molar-refractivity contribution in [2.24, 2.45) is 5.92 Å². The molecule has 3 heterocycles. The number of carbonyl (C=O) groups excluding carboxylic acids is 2. The van der Waals surface area contributed by atoms with Gasteiger partial charge in [0.05, 0.1) is 6.20 Å². The number of nitrogens with one attached hydrogen (secondary N) is 1. The Balaban J connectivity index is 1.54. The number of hydrogen-bond acceptors (Lipinski definition) is 5. The van der Waals surface area contributed by atoms with E-state index in [1.54, 1.807) is 11.0 Å². The number of rotatable bonds is 6. The average Bonchev–Trinajstić information content (AvgIpc) is 3.34. The first-order valence-electron chi connectivity index (χ1n) is 11.6. The number of hydrogen-bond donors (Lipinski definition) is 2. The number of carbonyl (C=O) groups is 2. The summed E-state index contributed by atoms with van der Waals surface area (Å²) < 4.78 is 2.65. The highest BCUT2D eigenvalue weighted by Crippen LogP contribution is 2.28. The molecule has 0 radical (unpaired) electrons. The van der Waals surface area contributed by atoms with Gasteiger partial charge in [0.1, 0.15) is 5.65 Å². The zero-order chi connectivity index (χ0) is 24.0. The molecule has 0 atom stereocenters. The molecule has 0 saturated heterocycles. The van der Waals surface area contributed by atoms with E-state index in [-0.39, 0.29) is 23.4 Å². The zero-order valence-corrected chi connectivity index (χ0v) is 19.2. The van der Waals surface area contributed by atoms with Gasteiger partial charge in [-0.05, 0) is 42.9 Å². The number of para-hydroxylation sites is 1. The molecular formula is C25H27N5O4. The second-order valence-electron chi connectivity index (χ2n) is 9.29. The summed E-state index contributed by atoms with van der Waals surface area (Å²) in [5, 5.41) is 17.8. The maximum absolute atomic E-state index is 13.3. The van der Waals surface area contributed by atoms with E-state index in [4.69, 9.17) is 0 Å². The Morgan fingerprint density at radius 1 is 1.26 bits per heavy atom. The van der Waals surface area contributed by atoms with Crippen LogP contribution in [0.4, 0.5) is 5.69 Å². The fourth-order valence-corrected chi connectivity index (χ4v) is 4.37. The minimum atomic E-state index is -0.597. The molecule has 2 aromatic heterocycles. The summed E-state index contributed by atoms with van der Waals surface area (Å²) in [5.74, 6) is -1.18. The van der Waals surface area contributed by atoms with Crippen LogP contribution in [0.15, 0.2) is 41.3 Å². The summed E-state index contributed by atoms with van der Waals surface area (Å²) >= 11 is 0. The molecule has 1 aromatic carbocycles. The summed E-state index contributed by atoms with van der Waals surface area (Å²) in [6.45, 7) is 4.85. The highest BCUT2D eigenvalue weighted by Gasteiger charge is 2.30. The SMILES string of the molecule is CC(C)Cn1c(=O)c(C(=O)NC2CC2)c(O)n2ncc(/C=C/C(=O)N3CCc4ccccc43)c12. The van der Waals surface area contributed by atoms with Gasteiger partial charge in [0.15, 0.2) is 5.56 Å². The third-order valence-electron chi connectivity index (χ3n) is 6.16. The highest BCUT2D eigenvalue weighted by atomic mass is 16.3. The molecule has 9 heteroatoms. The van der Waals surface area contributed by atoms with E-state index in [2.05, 4.69) is 10.4 Å². The van der Waals surface area contributed by atoms with Crippen molar-refractivity contribution in [3.05, 3.63) is 63.6 Å². The van der Waals surface area contributed by atoms with E-state index in [1.807, 2.05) is 38.1 Å². The Hall–Kier alpha value is -3.88. The summed E-state index contributed by atoms with van der Waals surface area (Å²) in [5.41, 5.74) is 1.98. The molecule has 2 amide bonds. The molecule has 0 unspecified atom stereocenters. The van der Waals surface area contributed by atoms with Gasteiger partial charge in [-0.15, -0.1) is 0 Å². The third kappa shape index (κ3) is 3.87. The highest BCUT2D eigenvalue weighted by molar-refractivity contribution is 6.05. The van der Waals surface area contributed by atoms with Crippen LogP contribution in [0.3, 0.4) is 0 Å². The first kappa shape index (κ1) is 21.9. The minimum Gasteiger partial charge on any atom is -0.492 e.